The molecule has 1 fully saturated rings. The van der Waals surface area contributed by atoms with E-state index < -0.39 is 35.2 Å². The van der Waals surface area contributed by atoms with E-state index in [2.05, 4.69) is 20.9 Å². The zero-order chi connectivity index (χ0) is 26.1. The number of para-hydroxylation sites is 1. The summed E-state index contributed by atoms with van der Waals surface area (Å²) in [5.74, 6) is 0.755. The van der Waals surface area contributed by atoms with Crippen LogP contribution in [0.15, 0.2) is 48.5 Å². The van der Waals surface area contributed by atoms with Crippen molar-refractivity contribution >= 4 is 28.4 Å². The summed E-state index contributed by atoms with van der Waals surface area (Å²) in [5.41, 5.74) is -1.58. The van der Waals surface area contributed by atoms with Gasteiger partial charge in [0.1, 0.15) is 5.82 Å². The zero-order valence-corrected chi connectivity index (χ0v) is 19.2. The predicted octanol–water partition coefficient (Wildman–Crippen LogP) is 7.13. The van der Waals surface area contributed by atoms with Crippen molar-refractivity contribution in [3.63, 3.8) is 0 Å². The third kappa shape index (κ3) is 6.19. The highest BCUT2D eigenvalue weighted by molar-refractivity contribution is 5.89. The lowest BCUT2D eigenvalue weighted by Gasteiger charge is -2.30. The van der Waals surface area contributed by atoms with E-state index in [0.717, 1.165) is 22.3 Å². The minimum absolute atomic E-state index is 0.0171. The molecule has 0 saturated heterocycles. The minimum atomic E-state index is -4.99. The summed E-state index contributed by atoms with van der Waals surface area (Å²) in [7, 11) is 0. The SMILES string of the molecule is Cc1cc(NC2CCC(NC(=O)Nc3cc(C(F)(F)F)cc(C(F)(F)F)c3)CC2)nc2ccccc12. The largest absolute Gasteiger partial charge is 0.416 e. The Kier molecular flexibility index (Phi) is 7.01. The maximum Gasteiger partial charge on any atom is 0.416 e. The first-order chi connectivity index (χ1) is 16.9. The second kappa shape index (κ2) is 9.87. The number of aryl methyl sites for hydroxylation is 1. The maximum atomic E-state index is 13.0. The van der Waals surface area contributed by atoms with Gasteiger partial charge in [-0.25, -0.2) is 9.78 Å². The van der Waals surface area contributed by atoms with Crippen LogP contribution in [-0.4, -0.2) is 23.1 Å². The van der Waals surface area contributed by atoms with Crippen LogP contribution >= 0.6 is 0 Å². The van der Waals surface area contributed by atoms with Crippen molar-refractivity contribution in [1.29, 1.82) is 0 Å². The molecule has 36 heavy (non-hydrogen) atoms. The quantitative estimate of drug-likeness (QED) is 0.327. The summed E-state index contributed by atoms with van der Waals surface area (Å²) >= 11 is 0. The predicted molar refractivity (Wildman–Crippen MR) is 125 cm³/mol. The molecule has 1 heterocycles. The molecule has 1 saturated carbocycles. The summed E-state index contributed by atoms with van der Waals surface area (Å²) in [6.45, 7) is 2.01. The summed E-state index contributed by atoms with van der Waals surface area (Å²) in [6.07, 6.45) is -7.38. The number of fused-ring (bicyclic) bond motifs is 1. The van der Waals surface area contributed by atoms with Gasteiger partial charge in [-0.1, -0.05) is 18.2 Å². The van der Waals surface area contributed by atoms with Crippen LogP contribution in [0.1, 0.15) is 42.4 Å². The number of anilines is 2. The van der Waals surface area contributed by atoms with Crippen molar-refractivity contribution in [3.8, 4) is 0 Å². The topological polar surface area (TPSA) is 66.0 Å². The fourth-order valence-corrected chi connectivity index (χ4v) is 4.39. The average molecular weight is 510 g/mol. The second-order valence-corrected chi connectivity index (χ2v) is 8.93. The number of carbonyl (C=O) groups excluding carboxylic acids is 1. The van der Waals surface area contributed by atoms with Gasteiger partial charge in [-0.15, -0.1) is 0 Å². The number of pyridine rings is 1. The van der Waals surface area contributed by atoms with Gasteiger partial charge in [0, 0.05) is 23.2 Å². The summed E-state index contributed by atoms with van der Waals surface area (Å²) in [6, 6.07) is 9.78. The van der Waals surface area contributed by atoms with E-state index in [4.69, 9.17) is 0 Å². The van der Waals surface area contributed by atoms with Crippen LogP contribution in [0.25, 0.3) is 10.9 Å². The summed E-state index contributed by atoms with van der Waals surface area (Å²) < 4.78 is 78.2. The Labute approximate surface area is 203 Å². The molecule has 0 bridgehead atoms. The molecule has 4 rings (SSSR count). The van der Waals surface area contributed by atoms with Crippen molar-refractivity contribution in [1.82, 2.24) is 10.3 Å². The van der Waals surface area contributed by atoms with Gasteiger partial charge in [0.2, 0.25) is 0 Å². The van der Waals surface area contributed by atoms with Crippen LogP contribution < -0.4 is 16.0 Å². The molecule has 5 nitrogen and oxygen atoms in total. The van der Waals surface area contributed by atoms with Gasteiger partial charge in [-0.3, -0.25) is 0 Å². The van der Waals surface area contributed by atoms with Gasteiger partial charge in [-0.05, 0) is 68.5 Å². The van der Waals surface area contributed by atoms with Gasteiger partial charge in [0.05, 0.1) is 16.6 Å². The molecular weight excluding hydrogens is 486 g/mol. The first-order valence-corrected chi connectivity index (χ1v) is 11.4. The molecule has 3 aromatic rings. The zero-order valence-electron chi connectivity index (χ0n) is 19.2. The monoisotopic (exact) mass is 510 g/mol. The molecule has 1 aliphatic carbocycles. The Balaban J connectivity index is 1.34. The molecule has 0 aliphatic heterocycles. The molecule has 11 heteroatoms. The van der Waals surface area contributed by atoms with Gasteiger partial charge >= 0.3 is 18.4 Å². The van der Waals surface area contributed by atoms with Crippen LogP contribution in [0.3, 0.4) is 0 Å². The van der Waals surface area contributed by atoms with Crippen LogP contribution in [0, 0.1) is 6.92 Å². The molecule has 2 amide bonds. The number of aromatic nitrogens is 1. The lowest BCUT2D eigenvalue weighted by atomic mass is 9.91. The Morgan fingerprint density at radius 2 is 1.44 bits per heavy atom. The third-order valence-electron chi connectivity index (χ3n) is 6.18. The smallest absolute Gasteiger partial charge is 0.367 e. The van der Waals surface area contributed by atoms with E-state index in [1.165, 1.54) is 0 Å². The average Bonchev–Trinajstić information content (AvgIpc) is 2.79. The summed E-state index contributed by atoms with van der Waals surface area (Å²) in [5, 5.41) is 9.25. The number of urea groups is 1. The molecular formula is C25H24F6N4O. The van der Waals surface area contributed by atoms with Crippen molar-refractivity contribution in [3.05, 3.63) is 65.2 Å². The number of nitrogens with zero attached hydrogens (tertiary/aromatic N) is 1. The molecule has 0 radical (unpaired) electrons. The normalized spacial score (nSPS) is 18.6. The second-order valence-electron chi connectivity index (χ2n) is 8.93. The number of rotatable bonds is 4. The van der Waals surface area contributed by atoms with E-state index in [0.29, 0.717) is 37.8 Å². The van der Waals surface area contributed by atoms with E-state index in [1.807, 2.05) is 37.3 Å². The fraction of sp³-hybridized carbons (Fsp3) is 0.360. The Morgan fingerprint density at radius 3 is 2.06 bits per heavy atom. The van der Waals surface area contributed by atoms with Crippen LogP contribution in [0.4, 0.5) is 42.6 Å². The van der Waals surface area contributed by atoms with E-state index in [1.54, 1.807) is 0 Å². The van der Waals surface area contributed by atoms with Gasteiger partial charge < -0.3 is 16.0 Å². The van der Waals surface area contributed by atoms with Crippen molar-refractivity contribution in [2.24, 2.45) is 0 Å². The molecule has 0 atom stereocenters. The molecule has 3 N–H and O–H groups in total. The Bertz CT molecular complexity index is 1220. The standard InChI is InChI=1S/C25H24F6N4O/c1-14-10-22(35-21-5-3-2-4-20(14)21)32-17-6-8-18(9-7-17)33-23(36)34-19-12-15(24(26,27)28)11-16(13-19)25(29,30)31/h2-5,10-13,17-18H,6-9H2,1H3,(H,32,35)(H2,33,34,36). The van der Waals surface area contributed by atoms with Gasteiger partial charge in [-0.2, -0.15) is 26.3 Å². The number of hydrogen-bond donors (Lipinski definition) is 3. The fourth-order valence-electron chi connectivity index (χ4n) is 4.39. The van der Waals surface area contributed by atoms with Gasteiger partial charge in [0.25, 0.3) is 0 Å². The number of amides is 2. The number of hydrogen-bond acceptors (Lipinski definition) is 3. The highest BCUT2D eigenvalue weighted by Gasteiger charge is 2.37. The van der Waals surface area contributed by atoms with Crippen LogP contribution in [-0.2, 0) is 12.4 Å². The molecule has 0 unspecified atom stereocenters. The maximum absolute atomic E-state index is 13.0. The molecule has 1 aromatic heterocycles. The third-order valence-corrected chi connectivity index (χ3v) is 6.18. The number of benzene rings is 2. The highest BCUT2D eigenvalue weighted by atomic mass is 19.4. The van der Waals surface area contributed by atoms with Crippen molar-refractivity contribution in [2.75, 3.05) is 10.6 Å². The Morgan fingerprint density at radius 1 is 0.861 bits per heavy atom. The van der Waals surface area contributed by atoms with Crippen molar-refractivity contribution < 1.29 is 31.1 Å². The Hall–Kier alpha value is -3.50. The molecule has 1 aliphatic rings. The van der Waals surface area contributed by atoms with E-state index in [9.17, 15) is 31.1 Å². The minimum Gasteiger partial charge on any atom is -0.367 e. The van der Waals surface area contributed by atoms with Crippen LogP contribution in [0.2, 0.25) is 0 Å². The van der Waals surface area contributed by atoms with Crippen molar-refractivity contribution in [2.45, 2.75) is 57.0 Å². The molecule has 0 spiro atoms. The number of alkyl halides is 6. The lowest BCUT2D eigenvalue weighted by molar-refractivity contribution is -0.143. The lowest BCUT2D eigenvalue weighted by Crippen LogP contribution is -2.42. The number of nitrogens with one attached hydrogen (secondary N) is 3. The van der Waals surface area contributed by atoms with Gasteiger partial charge in [0.15, 0.2) is 0 Å². The first-order valence-electron chi connectivity index (χ1n) is 11.4. The highest BCUT2D eigenvalue weighted by Crippen LogP contribution is 2.37. The van der Waals surface area contributed by atoms with Crippen LogP contribution in [0.5, 0.6) is 0 Å². The molecule has 192 valence electrons. The van der Waals surface area contributed by atoms with E-state index >= 15 is 0 Å². The first kappa shape index (κ1) is 25.6. The molecule has 2 aromatic carbocycles. The number of carbonyl (C=O) groups is 1. The summed E-state index contributed by atoms with van der Waals surface area (Å²) in [4.78, 5) is 17.0. The number of halogens is 6. The van der Waals surface area contributed by atoms with E-state index in [-0.39, 0.29) is 18.2 Å².